The molecular formula is C61H64N14O7. The van der Waals surface area contributed by atoms with Gasteiger partial charge in [0.05, 0.1) is 49.6 Å². The number of phenols is 1. The maximum absolute atomic E-state index is 14.1. The summed E-state index contributed by atoms with van der Waals surface area (Å²) in [6.07, 6.45) is 2.75. The minimum atomic E-state index is -0.826. The number of aromatic hydroxyl groups is 1. The Morgan fingerprint density at radius 1 is 0.561 bits per heavy atom. The highest BCUT2D eigenvalue weighted by molar-refractivity contribution is 5.93. The number of aromatic nitrogens is 4. The minimum Gasteiger partial charge on any atom is -0.508 e. The van der Waals surface area contributed by atoms with Crippen molar-refractivity contribution in [1.29, 1.82) is 0 Å². The normalized spacial score (nSPS) is 19.5. The number of carbonyl (C=O) groups excluding carboxylic acids is 6. The van der Waals surface area contributed by atoms with Crippen molar-refractivity contribution in [1.82, 2.24) is 70.7 Å². The summed E-state index contributed by atoms with van der Waals surface area (Å²) >= 11 is 0. The molecule has 4 fully saturated rings. The number of phenolic OH excluding ortho intramolecular Hbond substituents is 1. The van der Waals surface area contributed by atoms with Gasteiger partial charge in [-0.15, -0.1) is 0 Å². The number of hydrazine groups is 2. The maximum Gasteiger partial charge on any atom is 0.334 e. The fourth-order valence-electron chi connectivity index (χ4n) is 11.5. The molecule has 4 atom stereocenters. The number of likely N-dealkylation sites (N-methyl/N-ethyl adjacent to an activating group) is 2. The Morgan fingerprint density at radius 2 is 1.06 bits per heavy atom. The van der Waals surface area contributed by atoms with Crippen LogP contribution in [-0.2, 0) is 58.2 Å². The zero-order chi connectivity index (χ0) is 57.0. The van der Waals surface area contributed by atoms with Gasteiger partial charge in [0, 0.05) is 63.9 Å². The number of carbonyl (C=O) groups is 6. The van der Waals surface area contributed by atoms with Crippen LogP contribution in [-0.4, -0.2) is 166 Å². The Balaban J connectivity index is 0.000000172. The van der Waals surface area contributed by atoms with E-state index in [4.69, 9.17) is 0 Å². The molecule has 0 bridgehead atoms. The van der Waals surface area contributed by atoms with Crippen LogP contribution in [0.15, 0.2) is 158 Å². The number of hydrogen-bond donors (Lipinski definition) is 5. The first kappa shape index (κ1) is 54.4. The average molecular weight is 1110 g/mol. The van der Waals surface area contributed by atoms with Crippen LogP contribution in [0, 0.1) is 6.92 Å². The van der Waals surface area contributed by atoms with Crippen LogP contribution in [0.2, 0.25) is 0 Å². The number of aromatic amines is 2. The standard InChI is InChI=1S/C31H33N7O3.C30H31N7O4/c1-21-8-10-22(11-9-21)15-27-30(40)36(18-24-12-13-25-17-33-34-26(25)14-24)19-28-37(27)29(39)20-35(2)38(28)31(41)32-16-23-6-4-3-5-7-23;1-34-19-28(39)36-26(14-20-10-12-23(38)13-11-20)29(40)35(17-22-8-5-9-25-24(22)16-32-33-25)18-27(36)37(34)30(41)31-15-21-6-3-2-4-7-21/h3-14,17,27-28H,15-16,18-20H2,1-2H3,(H,32,41)(H,33,34);2-13,16,26-27,38H,14-15,17-19H2,1H3,(H,31,41)(H,32,33)/t27-,28-;26-,27-/m00/s1. The lowest BCUT2D eigenvalue weighted by atomic mass is 9.97. The van der Waals surface area contributed by atoms with Gasteiger partial charge in [-0.25, -0.2) is 29.6 Å². The van der Waals surface area contributed by atoms with E-state index in [0.717, 1.165) is 60.8 Å². The molecule has 21 heteroatoms. The molecule has 5 N–H and O–H groups in total. The van der Waals surface area contributed by atoms with E-state index in [9.17, 15) is 33.9 Å². The second-order valence-corrected chi connectivity index (χ2v) is 21.2. The van der Waals surface area contributed by atoms with E-state index in [1.807, 2.05) is 128 Å². The molecule has 0 saturated carbocycles. The van der Waals surface area contributed by atoms with Crippen molar-refractivity contribution < 1.29 is 33.9 Å². The number of H-pyrrole nitrogens is 2. The molecule has 8 amide bonds. The largest absolute Gasteiger partial charge is 0.508 e. The monoisotopic (exact) mass is 1100 g/mol. The number of aryl methyl sites for hydroxylation is 1. The highest BCUT2D eigenvalue weighted by Gasteiger charge is 2.52. The highest BCUT2D eigenvalue weighted by atomic mass is 16.3. The molecule has 4 aliphatic heterocycles. The number of nitrogens with zero attached hydrogens (tertiary/aromatic N) is 10. The van der Waals surface area contributed by atoms with Crippen molar-refractivity contribution in [2.75, 3.05) is 40.3 Å². The first-order valence-electron chi connectivity index (χ1n) is 27.3. The predicted molar refractivity (Wildman–Crippen MR) is 305 cm³/mol. The Morgan fingerprint density at radius 3 is 1.62 bits per heavy atom. The summed E-state index contributed by atoms with van der Waals surface area (Å²) in [7, 11) is 3.44. The van der Waals surface area contributed by atoms with Crippen molar-refractivity contribution in [2.45, 2.75) is 70.4 Å². The summed E-state index contributed by atoms with van der Waals surface area (Å²) in [5.41, 5.74) is 8.40. The molecule has 4 aliphatic rings. The van der Waals surface area contributed by atoms with Crippen LogP contribution >= 0.6 is 0 Å². The number of nitrogens with one attached hydrogen (secondary N) is 4. The molecule has 12 rings (SSSR count). The molecule has 6 aromatic carbocycles. The Hall–Kier alpha value is -9.60. The van der Waals surface area contributed by atoms with E-state index in [-0.39, 0.29) is 74.0 Å². The smallest absolute Gasteiger partial charge is 0.334 e. The van der Waals surface area contributed by atoms with E-state index >= 15 is 0 Å². The molecule has 8 aromatic rings. The van der Waals surface area contributed by atoms with Gasteiger partial charge in [-0.2, -0.15) is 10.2 Å². The van der Waals surface area contributed by atoms with Crippen molar-refractivity contribution in [3.05, 3.63) is 197 Å². The lowest BCUT2D eigenvalue weighted by molar-refractivity contribution is -0.187. The summed E-state index contributed by atoms with van der Waals surface area (Å²) in [4.78, 5) is 89.1. The maximum atomic E-state index is 14.1. The third kappa shape index (κ3) is 11.5. The molecule has 0 unspecified atom stereocenters. The molecule has 6 heterocycles. The number of urea groups is 2. The number of amides is 8. The van der Waals surface area contributed by atoms with Gasteiger partial charge in [0.25, 0.3) is 0 Å². The minimum absolute atomic E-state index is 0.00340. The lowest BCUT2D eigenvalue weighted by Gasteiger charge is -2.54. The fourth-order valence-corrected chi connectivity index (χ4v) is 11.5. The Labute approximate surface area is 473 Å². The number of piperazine rings is 2. The fraction of sp³-hybridized carbons (Fsp3) is 0.279. The Bertz CT molecular complexity index is 3620. The zero-order valence-electron chi connectivity index (χ0n) is 45.8. The van der Waals surface area contributed by atoms with Crippen LogP contribution in [0.1, 0.15) is 38.9 Å². The second kappa shape index (κ2) is 23.6. The van der Waals surface area contributed by atoms with Gasteiger partial charge in [0.15, 0.2) is 0 Å². The SMILES string of the molecule is CN1CC(=O)N2[C@@H](Cc3ccc(O)cc3)C(=O)N(Cc3cccc4[nH]ncc34)C[C@@H]2N1C(=O)NCc1ccccc1.Cc1ccc(C[C@H]2C(=O)N(Cc3ccc4cn[nH]c4c3)C[C@H]3N2C(=O)CN(C)N3C(=O)NCc2ccccc2)cc1. The number of fused-ring (bicyclic) bond motifs is 4. The number of rotatable bonds is 12. The summed E-state index contributed by atoms with van der Waals surface area (Å²) in [5, 5.41) is 38.3. The summed E-state index contributed by atoms with van der Waals surface area (Å²) < 4.78 is 0. The summed E-state index contributed by atoms with van der Waals surface area (Å²) in [5.74, 6) is -0.605. The van der Waals surface area contributed by atoms with E-state index in [1.54, 1.807) is 90.4 Å². The van der Waals surface area contributed by atoms with Gasteiger partial charge in [0.1, 0.15) is 30.2 Å². The molecule has 4 saturated heterocycles. The van der Waals surface area contributed by atoms with Gasteiger partial charge >= 0.3 is 12.1 Å². The molecule has 0 aliphatic carbocycles. The van der Waals surface area contributed by atoms with Gasteiger partial charge in [-0.3, -0.25) is 29.4 Å². The van der Waals surface area contributed by atoms with Crippen molar-refractivity contribution in [2.24, 2.45) is 0 Å². The highest BCUT2D eigenvalue weighted by Crippen LogP contribution is 2.32. The van der Waals surface area contributed by atoms with Gasteiger partial charge in [-0.1, -0.05) is 127 Å². The molecule has 420 valence electrons. The lowest BCUT2D eigenvalue weighted by Crippen LogP contribution is -2.76. The second-order valence-electron chi connectivity index (χ2n) is 21.2. The topological polar surface area (TPSA) is 230 Å². The molecular weight excluding hydrogens is 1040 g/mol. The van der Waals surface area contributed by atoms with E-state index in [2.05, 4.69) is 31.0 Å². The third-order valence-electron chi connectivity index (χ3n) is 15.6. The van der Waals surface area contributed by atoms with Crippen molar-refractivity contribution >= 4 is 57.5 Å². The summed E-state index contributed by atoms with van der Waals surface area (Å²) in [6, 6.07) is 43.4. The summed E-state index contributed by atoms with van der Waals surface area (Å²) in [6.45, 7) is 3.64. The molecule has 0 radical (unpaired) electrons. The Kier molecular flexibility index (Phi) is 15.7. The average Bonchev–Trinajstić information content (AvgIpc) is 3.93. The van der Waals surface area contributed by atoms with Gasteiger partial charge < -0.3 is 35.3 Å². The van der Waals surface area contributed by atoms with Crippen molar-refractivity contribution in [3.63, 3.8) is 0 Å². The van der Waals surface area contributed by atoms with Gasteiger partial charge in [-0.05, 0) is 64.6 Å². The van der Waals surface area contributed by atoms with Crippen LogP contribution in [0.3, 0.4) is 0 Å². The van der Waals surface area contributed by atoms with Crippen LogP contribution in [0.25, 0.3) is 21.8 Å². The van der Waals surface area contributed by atoms with Gasteiger partial charge in [0.2, 0.25) is 23.6 Å². The first-order chi connectivity index (χ1) is 39.8. The van der Waals surface area contributed by atoms with Crippen LogP contribution in [0.5, 0.6) is 5.75 Å². The predicted octanol–water partition coefficient (Wildman–Crippen LogP) is 5.50. The van der Waals surface area contributed by atoms with Crippen molar-refractivity contribution in [3.8, 4) is 5.75 Å². The van der Waals surface area contributed by atoms with E-state index in [1.165, 1.54) is 0 Å². The molecule has 0 spiro atoms. The third-order valence-corrected chi connectivity index (χ3v) is 15.6. The molecule has 21 nitrogen and oxygen atoms in total. The number of benzene rings is 6. The van der Waals surface area contributed by atoms with E-state index in [0.29, 0.717) is 32.6 Å². The van der Waals surface area contributed by atoms with E-state index < -0.39 is 24.4 Å². The van der Waals surface area contributed by atoms with Crippen LogP contribution < -0.4 is 10.6 Å². The number of hydrogen-bond acceptors (Lipinski definition) is 11. The molecule has 82 heavy (non-hydrogen) atoms. The zero-order valence-corrected chi connectivity index (χ0v) is 45.8. The first-order valence-corrected chi connectivity index (χ1v) is 27.3. The van der Waals surface area contributed by atoms with Crippen LogP contribution in [0.4, 0.5) is 9.59 Å². The molecule has 2 aromatic heterocycles. The quantitative estimate of drug-likeness (QED) is 0.103.